The van der Waals surface area contributed by atoms with Crippen molar-refractivity contribution in [1.29, 1.82) is 0 Å². The fraction of sp³-hybridized carbons (Fsp3) is 0.261. The average molecular weight is 426 g/mol. The van der Waals surface area contributed by atoms with E-state index in [2.05, 4.69) is 5.16 Å². The largest absolute Gasteiger partial charge is 0.459 e. The maximum Gasteiger partial charge on any atom is 0.311 e. The van der Waals surface area contributed by atoms with Crippen LogP contribution in [0.25, 0.3) is 11.3 Å². The maximum absolute atomic E-state index is 13.9. The van der Waals surface area contributed by atoms with Gasteiger partial charge in [0.25, 0.3) is 0 Å². The molecule has 1 fully saturated rings. The Morgan fingerprint density at radius 1 is 1.16 bits per heavy atom. The van der Waals surface area contributed by atoms with E-state index < -0.39 is 23.5 Å². The van der Waals surface area contributed by atoms with E-state index in [1.807, 2.05) is 32.0 Å². The molecule has 4 rings (SSSR count). The van der Waals surface area contributed by atoms with E-state index >= 15 is 0 Å². The van der Waals surface area contributed by atoms with Gasteiger partial charge in [-0.2, -0.15) is 0 Å². The molecule has 0 saturated carbocycles. The van der Waals surface area contributed by atoms with E-state index in [1.165, 1.54) is 12.1 Å². The number of aryl methyl sites for hydroxylation is 2. The predicted octanol–water partition coefficient (Wildman–Crippen LogP) is 4.33. The lowest BCUT2D eigenvalue weighted by atomic mass is 10.1. The number of rotatable bonds is 5. The third-order valence-corrected chi connectivity index (χ3v) is 5.38. The first-order chi connectivity index (χ1) is 14.8. The highest BCUT2D eigenvalue weighted by atomic mass is 19.1. The van der Waals surface area contributed by atoms with Crippen molar-refractivity contribution in [1.82, 2.24) is 5.16 Å². The summed E-state index contributed by atoms with van der Waals surface area (Å²) >= 11 is 0. The molecule has 1 unspecified atom stereocenters. The first-order valence-electron chi connectivity index (χ1n) is 9.77. The van der Waals surface area contributed by atoms with Crippen LogP contribution in [0.15, 0.2) is 47.0 Å². The van der Waals surface area contributed by atoms with E-state index in [-0.39, 0.29) is 42.5 Å². The van der Waals surface area contributed by atoms with Gasteiger partial charge in [-0.3, -0.25) is 9.59 Å². The summed E-state index contributed by atoms with van der Waals surface area (Å²) in [6, 6.07) is 10.2. The minimum Gasteiger partial charge on any atom is -0.459 e. The van der Waals surface area contributed by atoms with Crippen molar-refractivity contribution in [2.24, 2.45) is 5.92 Å². The van der Waals surface area contributed by atoms with E-state index in [1.54, 1.807) is 4.90 Å². The van der Waals surface area contributed by atoms with Crippen molar-refractivity contribution in [2.75, 3.05) is 11.4 Å². The number of aromatic nitrogens is 1. The summed E-state index contributed by atoms with van der Waals surface area (Å²) in [5.74, 6) is -2.63. The fourth-order valence-electron chi connectivity index (χ4n) is 3.47. The van der Waals surface area contributed by atoms with E-state index in [9.17, 15) is 18.4 Å². The number of ether oxygens (including phenoxy) is 1. The Hall–Kier alpha value is -3.55. The topological polar surface area (TPSA) is 72.6 Å². The maximum atomic E-state index is 13.9. The second-order valence-electron chi connectivity index (χ2n) is 7.59. The van der Waals surface area contributed by atoms with E-state index in [0.717, 1.165) is 28.9 Å². The molecule has 1 aliphatic heterocycles. The van der Waals surface area contributed by atoms with Crippen LogP contribution in [0.4, 0.5) is 14.5 Å². The van der Waals surface area contributed by atoms with Gasteiger partial charge in [0.05, 0.1) is 11.5 Å². The van der Waals surface area contributed by atoms with Crippen molar-refractivity contribution >= 4 is 17.6 Å². The molecule has 2 aromatic carbocycles. The molecule has 6 nitrogen and oxygen atoms in total. The molecular weight excluding hydrogens is 406 g/mol. The summed E-state index contributed by atoms with van der Waals surface area (Å²) in [6.45, 7) is 4.02. The van der Waals surface area contributed by atoms with Crippen LogP contribution in [0.3, 0.4) is 0 Å². The molecule has 0 radical (unpaired) electrons. The van der Waals surface area contributed by atoms with Crippen molar-refractivity contribution in [2.45, 2.75) is 26.9 Å². The second kappa shape index (κ2) is 8.29. The molecule has 1 atom stereocenters. The van der Waals surface area contributed by atoms with Gasteiger partial charge < -0.3 is 14.2 Å². The minimum atomic E-state index is -0.782. The number of carbonyl (C=O) groups excluding carboxylic acids is 2. The molecule has 1 aliphatic rings. The van der Waals surface area contributed by atoms with Crippen molar-refractivity contribution in [3.05, 3.63) is 70.9 Å². The Labute approximate surface area is 177 Å². The molecule has 2 heterocycles. The van der Waals surface area contributed by atoms with E-state index in [4.69, 9.17) is 9.26 Å². The number of esters is 1. The van der Waals surface area contributed by atoms with Crippen molar-refractivity contribution in [3.8, 4) is 11.3 Å². The minimum absolute atomic E-state index is 0.0527. The number of benzene rings is 2. The Bertz CT molecular complexity index is 1160. The summed E-state index contributed by atoms with van der Waals surface area (Å²) in [4.78, 5) is 26.5. The van der Waals surface area contributed by atoms with Crippen LogP contribution in [0.1, 0.15) is 23.2 Å². The van der Waals surface area contributed by atoms with Crippen LogP contribution in [-0.4, -0.2) is 23.6 Å². The highest BCUT2D eigenvalue weighted by molar-refractivity contribution is 5.99. The Kier molecular flexibility index (Phi) is 5.54. The zero-order valence-electron chi connectivity index (χ0n) is 17.0. The zero-order valence-corrected chi connectivity index (χ0v) is 17.0. The van der Waals surface area contributed by atoms with Crippen LogP contribution < -0.4 is 4.90 Å². The van der Waals surface area contributed by atoms with Gasteiger partial charge in [-0.25, -0.2) is 8.78 Å². The highest BCUT2D eigenvalue weighted by Crippen LogP contribution is 2.28. The first-order valence-corrected chi connectivity index (χ1v) is 9.77. The van der Waals surface area contributed by atoms with Crippen LogP contribution >= 0.6 is 0 Å². The zero-order chi connectivity index (χ0) is 22.1. The number of nitrogens with zero attached hydrogens (tertiary/aromatic N) is 2. The fourth-order valence-corrected chi connectivity index (χ4v) is 3.47. The number of anilines is 1. The molecule has 0 bridgehead atoms. The summed E-state index contributed by atoms with van der Waals surface area (Å²) < 4.78 is 37.3. The lowest BCUT2D eigenvalue weighted by Crippen LogP contribution is -2.26. The molecule has 1 amide bonds. The molecular formula is C23H20F2N2O4. The number of carbonyl (C=O) groups is 2. The second-order valence-corrected chi connectivity index (χ2v) is 7.59. The van der Waals surface area contributed by atoms with Gasteiger partial charge in [0.15, 0.2) is 5.76 Å². The molecule has 0 aliphatic carbocycles. The van der Waals surface area contributed by atoms with Gasteiger partial charge >= 0.3 is 5.97 Å². The number of halogens is 2. The van der Waals surface area contributed by atoms with Crippen molar-refractivity contribution < 1.29 is 27.6 Å². The summed E-state index contributed by atoms with van der Waals surface area (Å²) in [7, 11) is 0. The van der Waals surface area contributed by atoms with Crippen molar-refractivity contribution in [3.63, 3.8) is 0 Å². The third kappa shape index (κ3) is 4.33. The number of hydrogen-bond donors (Lipinski definition) is 0. The Balaban J connectivity index is 1.38. The van der Waals surface area contributed by atoms with Gasteiger partial charge in [-0.1, -0.05) is 11.2 Å². The number of amides is 1. The molecule has 8 heteroatoms. The summed E-state index contributed by atoms with van der Waals surface area (Å²) in [5.41, 5.74) is 3.28. The van der Waals surface area contributed by atoms with Crippen LogP contribution in [0, 0.1) is 31.4 Å². The van der Waals surface area contributed by atoms with Gasteiger partial charge in [0, 0.05) is 30.8 Å². The molecule has 160 valence electrons. The molecule has 0 N–H and O–H groups in total. The standard InChI is InChI=1S/C23H20F2N2O4/c1-13-3-5-18(7-14(13)2)27-11-15(8-22(27)28)23(29)30-12-17-10-21(31-26-17)19-6-4-16(24)9-20(19)25/h3-7,9-10,15H,8,11-12H2,1-2H3. The molecule has 1 aromatic heterocycles. The predicted molar refractivity (Wildman–Crippen MR) is 108 cm³/mol. The summed E-state index contributed by atoms with van der Waals surface area (Å²) in [6.07, 6.45) is 0.0661. The van der Waals surface area contributed by atoms with Gasteiger partial charge in [0.1, 0.15) is 23.9 Å². The average Bonchev–Trinajstić information content (AvgIpc) is 3.35. The lowest BCUT2D eigenvalue weighted by molar-refractivity contribution is -0.149. The number of hydrogen-bond acceptors (Lipinski definition) is 5. The van der Waals surface area contributed by atoms with Gasteiger partial charge in [-0.05, 0) is 49.2 Å². The van der Waals surface area contributed by atoms with Crippen LogP contribution in [0.5, 0.6) is 0 Å². The first kappa shape index (κ1) is 20.7. The molecule has 31 heavy (non-hydrogen) atoms. The summed E-state index contributed by atoms with van der Waals surface area (Å²) in [5, 5.41) is 3.76. The van der Waals surface area contributed by atoms with Crippen LogP contribution in [0.2, 0.25) is 0 Å². The van der Waals surface area contributed by atoms with Crippen LogP contribution in [-0.2, 0) is 20.9 Å². The third-order valence-electron chi connectivity index (χ3n) is 5.38. The van der Waals surface area contributed by atoms with Gasteiger partial charge in [0.2, 0.25) is 5.91 Å². The molecule has 1 saturated heterocycles. The molecule has 0 spiro atoms. The Morgan fingerprint density at radius 2 is 1.97 bits per heavy atom. The lowest BCUT2D eigenvalue weighted by Gasteiger charge is -2.17. The SMILES string of the molecule is Cc1ccc(N2CC(C(=O)OCc3cc(-c4ccc(F)cc4F)on3)CC2=O)cc1C. The quantitative estimate of drug-likeness (QED) is 0.568. The highest BCUT2D eigenvalue weighted by Gasteiger charge is 2.36. The smallest absolute Gasteiger partial charge is 0.311 e. The van der Waals surface area contributed by atoms with Gasteiger partial charge in [-0.15, -0.1) is 0 Å². The molecule has 3 aromatic rings. The monoisotopic (exact) mass is 426 g/mol. The normalized spacial score (nSPS) is 16.1. The van der Waals surface area contributed by atoms with E-state index in [0.29, 0.717) is 0 Å². The Morgan fingerprint density at radius 3 is 2.71 bits per heavy atom.